The van der Waals surface area contributed by atoms with Gasteiger partial charge in [-0.1, -0.05) is 0 Å². The van der Waals surface area contributed by atoms with Crippen molar-refractivity contribution < 1.29 is 0 Å². The highest BCUT2D eigenvalue weighted by Crippen LogP contribution is 2.35. The quantitative estimate of drug-likeness (QED) is 0.857. The molecular weight excluding hydrogens is 330 g/mol. The minimum atomic E-state index is 0.249. The van der Waals surface area contributed by atoms with Crippen molar-refractivity contribution in [1.82, 2.24) is 19.5 Å². The lowest BCUT2D eigenvalue weighted by Gasteiger charge is -2.40. The van der Waals surface area contributed by atoms with Gasteiger partial charge in [0, 0.05) is 21.6 Å². The summed E-state index contributed by atoms with van der Waals surface area (Å²) in [6.07, 6.45) is 3.84. The normalized spacial score (nSPS) is 18.5. The summed E-state index contributed by atoms with van der Waals surface area (Å²) in [5.74, 6) is 1.05. The summed E-state index contributed by atoms with van der Waals surface area (Å²) < 4.78 is 2.93. The van der Waals surface area contributed by atoms with E-state index >= 15 is 0 Å². The van der Waals surface area contributed by atoms with Crippen LogP contribution in [0.25, 0.3) is 5.52 Å². The fourth-order valence-electron chi connectivity index (χ4n) is 3.18. The van der Waals surface area contributed by atoms with Crippen molar-refractivity contribution in [3.63, 3.8) is 0 Å². The lowest BCUT2D eigenvalue weighted by atomic mass is 9.91. The first-order valence-corrected chi connectivity index (χ1v) is 8.20. The van der Waals surface area contributed by atoms with Gasteiger partial charge in [-0.3, -0.25) is 4.90 Å². The van der Waals surface area contributed by atoms with E-state index in [0.717, 1.165) is 35.9 Å². The van der Waals surface area contributed by atoms with Gasteiger partial charge >= 0.3 is 0 Å². The van der Waals surface area contributed by atoms with Gasteiger partial charge in [0.2, 0.25) is 0 Å². The number of nitrogens with zero attached hydrogens (tertiary/aromatic N) is 4. The third-order valence-corrected chi connectivity index (χ3v) is 5.03. The molecule has 2 aromatic heterocycles. The Morgan fingerprint density at radius 2 is 1.95 bits per heavy atom. The van der Waals surface area contributed by atoms with Crippen molar-refractivity contribution in [3.05, 3.63) is 22.6 Å². The van der Waals surface area contributed by atoms with Crippen LogP contribution >= 0.6 is 15.9 Å². The Morgan fingerprint density at radius 1 is 1.29 bits per heavy atom. The number of nitrogen functional groups attached to an aromatic ring is 1. The maximum absolute atomic E-state index is 5.97. The molecule has 3 rings (SSSR count). The largest absolute Gasteiger partial charge is 0.382 e. The highest BCUT2D eigenvalue weighted by Gasteiger charge is 2.29. The highest BCUT2D eigenvalue weighted by molar-refractivity contribution is 9.10. The van der Waals surface area contributed by atoms with E-state index in [-0.39, 0.29) is 5.54 Å². The first-order valence-electron chi connectivity index (χ1n) is 7.40. The zero-order chi connectivity index (χ0) is 15.2. The third-order valence-electron chi connectivity index (χ3n) is 4.43. The van der Waals surface area contributed by atoms with Crippen molar-refractivity contribution in [2.24, 2.45) is 0 Å². The molecule has 0 bridgehead atoms. The molecule has 1 aliphatic rings. The van der Waals surface area contributed by atoms with Crippen LogP contribution in [0, 0.1) is 0 Å². The van der Waals surface area contributed by atoms with Gasteiger partial charge in [0.1, 0.15) is 11.8 Å². The number of hydrogen-bond acceptors (Lipinski definition) is 4. The van der Waals surface area contributed by atoms with Crippen LogP contribution < -0.4 is 5.73 Å². The first kappa shape index (κ1) is 14.8. The maximum Gasteiger partial charge on any atom is 0.152 e. The van der Waals surface area contributed by atoms with E-state index in [1.807, 2.05) is 4.52 Å². The maximum atomic E-state index is 5.97. The van der Waals surface area contributed by atoms with Gasteiger partial charge in [0.05, 0.1) is 0 Å². The van der Waals surface area contributed by atoms with Crippen LogP contribution in [-0.4, -0.2) is 38.1 Å². The minimum absolute atomic E-state index is 0.249. The molecule has 0 saturated carbocycles. The van der Waals surface area contributed by atoms with Gasteiger partial charge in [-0.15, -0.1) is 0 Å². The molecule has 0 amide bonds. The fraction of sp³-hybridized carbons (Fsp3) is 0.600. The Hall–Kier alpha value is -1.14. The van der Waals surface area contributed by atoms with Gasteiger partial charge in [-0.2, -0.15) is 5.10 Å². The van der Waals surface area contributed by atoms with Crippen LogP contribution in [-0.2, 0) is 0 Å². The standard InChI is InChI=1S/C15H22BrN5/c1-15(2,3)20-6-4-10(5-7-20)12-8-11(16)13-14(17)18-9-19-21(12)13/h8-10H,4-7H2,1-3H3,(H2,17,18,19). The van der Waals surface area contributed by atoms with Crippen LogP contribution in [0.5, 0.6) is 0 Å². The molecule has 0 atom stereocenters. The Morgan fingerprint density at radius 3 is 2.57 bits per heavy atom. The smallest absolute Gasteiger partial charge is 0.152 e. The van der Waals surface area contributed by atoms with E-state index in [0.29, 0.717) is 11.7 Å². The molecule has 5 nitrogen and oxygen atoms in total. The summed E-state index contributed by atoms with van der Waals surface area (Å²) in [6.45, 7) is 9.10. The highest BCUT2D eigenvalue weighted by atomic mass is 79.9. The van der Waals surface area contributed by atoms with Gasteiger partial charge in [-0.25, -0.2) is 9.50 Å². The van der Waals surface area contributed by atoms with Gasteiger partial charge in [-0.05, 0) is 68.7 Å². The summed E-state index contributed by atoms with van der Waals surface area (Å²) >= 11 is 3.59. The second-order valence-corrected chi connectivity index (χ2v) is 7.61. The molecule has 1 saturated heterocycles. The molecule has 1 fully saturated rings. The molecule has 0 aliphatic carbocycles. The predicted molar refractivity (Wildman–Crippen MR) is 88.4 cm³/mol. The monoisotopic (exact) mass is 351 g/mol. The van der Waals surface area contributed by atoms with Gasteiger partial charge < -0.3 is 5.73 Å². The van der Waals surface area contributed by atoms with Crippen LogP contribution in [0.2, 0.25) is 0 Å². The Kier molecular flexibility index (Phi) is 3.69. The molecule has 21 heavy (non-hydrogen) atoms. The zero-order valence-electron chi connectivity index (χ0n) is 12.8. The molecule has 3 heterocycles. The summed E-state index contributed by atoms with van der Waals surface area (Å²) in [4.78, 5) is 6.63. The predicted octanol–water partition coefficient (Wildman–Crippen LogP) is 3.05. The Bertz CT molecular complexity index is 650. The minimum Gasteiger partial charge on any atom is -0.382 e. The second kappa shape index (κ2) is 5.25. The average molecular weight is 352 g/mol. The van der Waals surface area contributed by atoms with Crippen molar-refractivity contribution >= 4 is 27.3 Å². The number of likely N-dealkylation sites (tertiary alicyclic amines) is 1. The third kappa shape index (κ3) is 2.66. The summed E-state index contributed by atoms with van der Waals surface area (Å²) in [5.41, 5.74) is 8.33. The van der Waals surface area contributed by atoms with Crippen molar-refractivity contribution in [1.29, 1.82) is 0 Å². The number of nitrogens with two attached hydrogens (primary N) is 1. The molecule has 114 valence electrons. The Labute approximate surface area is 133 Å². The van der Waals surface area contributed by atoms with Crippen molar-refractivity contribution in [3.8, 4) is 0 Å². The van der Waals surface area contributed by atoms with Gasteiger partial charge in [0.15, 0.2) is 5.82 Å². The number of aromatic nitrogens is 3. The van der Waals surface area contributed by atoms with E-state index in [9.17, 15) is 0 Å². The lowest BCUT2D eigenvalue weighted by molar-refractivity contribution is 0.101. The average Bonchev–Trinajstić information content (AvgIpc) is 2.77. The molecule has 6 heteroatoms. The van der Waals surface area contributed by atoms with Crippen molar-refractivity contribution in [2.75, 3.05) is 18.8 Å². The zero-order valence-corrected chi connectivity index (χ0v) is 14.4. The lowest BCUT2D eigenvalue weighted by Crippen LogP contribution is -2.45. The SMILES string of the molecule is CC(C)(C)N1CCC(c2cc(Br)c3c(N)ncnn23)CC1. The van der Waals surface area contributed by atoms with Crippen LogP contribution in [0.3, 0.4) is 0 Å². The van der Waals surface area contributed by atoms with E-state index in [2.05, 4.69) is 57.8 Å². The van der Waals surface area contributed by atoms with Crippen LogP contribution in [0.1, 0.15) is 45.2 Å². The molecule has 1 aliphatic heterocycles. The molecule has 0 radical (unpaired) electrons. The summed E-state index contributed by atoms with van der Waals surface area (Å²) in [6, 6.07) is 2.15. The fourth-order valence-corrected chi connectivity index (χ4v) is 3.79. The first-order chi connectivity index (χ1) is 9.88. The second-order valence-electron chi connectivity index (χ2n) is 6.75. The number of piperidine rings is 1. The van der Waals surface area contributed by atoms with Crippen LogP contribution in [0.4, 0.5) is 5.82 Å². The molecule has 2 aromatic rings. The molecule has 0 unspecified atom stereocenters. The van der Waals surface area contributed by atoms with Crippen LogP contribution in [0.15, 0.2) is 16.9 Å². The number of rotatable bonds is 1. The summed E-state index contributed by atoms with van der Waals surface area (Å²) in [5, 5.41) is 4.39. The summed E-state index contributed by atoms with van der Waals surface area (Å²) in [7, 11) is 0. The van der Waals surface area contributed by atoms with E-state index in [1.165, 1.54) is 12.0 Å². The molecular formula is C15H22BrN5. The van der Waals surface area contributed by atoms with E-state index < -0.39 is 0 Å². The van der Waals surface area contributed by atoms with E-state index in [4.69, 9.17) is 5.73 Å². The Balaban J connectivity index is 1.88. The van der Waals surface area contributed by atoms with Crippen molar-refractivity contribution in [2.45, 2.75) is 45.1 Å². The number of fused-ring (bicyclic) bond motifs is 1. The van der Waals surface area contributed by atoms with Gasteiger partial charge in [0.25, 0.3) is 0 Å². The molecule has 2 N–H and O–H groups in total. The number of anilines is 1. The number of hydrogen-bond donors (Lipinski definition) is 1. The topological polar surface area (TPSA) is 59.5 Å². The number of halogens is 1. The molecule has 0 spiro atoms. The van der Waals surface area contributed by atoms with E-state index in [1.54, 1.807) is 0 Å². The molecule has 0 aromatic carbocycles.